The summed E-state index contributed by atoms with van der Waals surface area (Å²) in [5.74, 6) is 0. The molecule has 1 heterocycles. The van der Waals surface area contributed by atoms with Crippen molar-refractivity contribution in [3.05, 3.63) is 39.4 Å². The molecule has 0 aliphatic rings. The Bertz CT molecular complexity index is 737. The van der Waals surface area contributed by atoms with Gasteiger partial charge in [-0.3, -0.25) is 4.72 Å². The fraction of sp³-hybridized carbons (Fsp3) is 0.308. The number of rotatable bonds is 5. The molecule has 5 nitrogen and oxygen atoms in total. The van der Waals surface area contributed by atoms with Gasteiger partial charge >= 0.3 is 0 Å². The zero-order valence-corrected chi connectivity index (χ0v) is 14.3. The summed E-state index contributed by atoms with van der Waals surface area (Å²) in [6, 6.07) is 4.63. The molecular formula is C13H16ClN3O2S2. The van der Waals surface area contributed by atoms with E-state index in [1.807, 2.05) is 13.8 Å². The SMILES string of the molecule is CNCc1cc(S(=O)(=O)Nc2nc(C)c(C)s2)ccc1Cl. The lowest BCUT2D eigenvalue weighted by molar-refractivity contribution is 0.601. The number of hydrogen-bond donors (Lipinski definition) is 2. The molecule has 1 aromatic carbocycles. The molecule has 0 unspecified atom stereocenters. The average molecular weight is 346 g/mol. The molecule has 2 rings (SSSR count). The third-order valence-corrected chi connectivity index (χ3v) is 5.77. The molecule has 8 heteroatoms. The molecule has 1 aromatic heterocycles. The van der Waals surface area contributed by atoms with Gasteiger partial charge in [0.1, 0.15) is 0 Å². The van der Waals surface area contributed by atoms with Gasteiger partial charge in [0, 0.05) is 16.4 Å². The summed E-state index contributed by atoms with van der Waals surface area (Å²) in [7, 11) is -1.89. The first kappa shape index (κ1) is 16.2. The van der Waals surface area contributed by atoms with Crippen LogP contribution in [-0.4, -0.2) is 20.4 Å². The first-order valence-corrected chi connectivity index (χ1v) is 8.91. The van der Waals surface area contributed by atoms with Gasteiger partial charge in [-0.2, -0.15) is 0 Å². The standard InChI is InChI=1S/C13H16ClN3O2S2/c1-8-9(2)20-13(16-8)17-21(18,19)11-4-5-12(14)10(6-11)7-15-3/h4-6,15H,7H2,1-3H3,(H,16,17). The molecule has 0 fully saturated rings. The highest BCUT2D eigenvalue weighted by atomic mass is 35.5. The number of benzene rings is 1. The lowest BCUT2D eigenvalue weighted by Gasteiger charge is -2.09. The molecule has 0 spiro atoms. The molecule has 114 valence electrons. The predicted molar refractivity (Wildman–Crippen MR) is 86.6 cm³/mol. The van der Waals surface area contributed by atoms with Crippen LogP contribution in [0.15, 0.2) is 23.1 Å². The zero-order chi connectivity index (χ0) is 15.6. The van der Waals surface area contributed by atoms with Gasteiger partial charge in [-0.05, 0) is 44.7 Å². The van der Waals surface area contributed by atoms with Crippen LogP contribution in [0.3, 0.4) is 0 Å². The van der Waals surface area contributed by atoms with Crippen molar-refractivity contribution < 1.29 is 8.42 Å². The van der Waals surface area contributed by atoms with E-state index in [1.165, 1.54) is 17.4 Å². The highest BCUT2D eigenvalue weighted by molar-refractivity contribution is 7.93. The van der Waals surface area contributed by atoms with E-state index < -0.39 is 10.0 Å². The second-order valence-corrected chi connectivity index (χ2v) is 7.84. The third kappa shape index (κ3) is 3.74. The summed E-state index contributed by atoms with van der Waals surface area (Å²) >= 11 is 7.36. The highest BCUT2D eigenvalue weighted by Crippen LogP contribution is 2.26. The number of sulfonamides is 1. The maximum Gasteiger partial charge on any atom is 0.263 e. The quantitative estimate of drug-likeness (QED) is 0.874. The topological polar surface area (TPSA) is 71.1 Å². The van der Waals surface area contributed by atoms with Crippen molar-refractivity contribution in [1.82, 2.24) is 10.3 Å². The summed E-state index contributed by atoms with van der Waals surface area (Å²) in [6.07, 6.45) is 0. The van der Waals surface area contributed by atoms with Gasteiger partial charge in [0.2, 0.25) is 0 Å². The van der Waals surface area contributed by atoms with E-state index in [1.54, 1.807) is 19.2 Å². The maximum atomic E-state index is 12.4. The van der Waals surface area contributed by atoms with Crippen molar-refractivity contribution >= 4 is 38.1 Å². The zero-order valence-electron chi connectivity index (χ0n) is 11.9. The van der Waals surface area contributed by atoms with Crippen molar-refractivity contribution in [2.24, 2.45) is 0 Å². The van der Waals surface area contributed by atoms with E-state index in [0.29, 0.717) is 16.7 Å². The number of halogens is 1. The van der Waals surface area contributed by atoms with Gasteiger partial charge in [0.15, 0.2) is 5.13 Å². The summed E-state index contributed by atoms with van der Waals surface area (Å²) in [5.41, 5.74) is 1.55. The van der Waals surface area contributed by atoms with E-state index in [-0.39, 0.29) is 4.90 Å². The van der Waals surface area contributed by atoms with E-state index in [9.17, 15) is 8.42 Å². The minimum atomic E-state index is -3.66. The van der Waals surface area contributed by atoms with Gasteiger partial charge in [-0.15, -0.1) is 11.3 Å². The Morgan fingerprint density at radius 3 is 2.62 bits per heavy atom. The normalized spacial score (nSPS) is 11.6. The average Bonchev–Trinajstić information content (AvgIpc) is 2.70. The van der Waals surface area contributed by atoms with Crippen molar-refractivity contribution in [1.29, 1.82) is 0 Å². The summed E-state index contributed by atoms with van der Waals surface area (Å²) in [4.78, 5) is 5.34. The number of thiazole rings is 1. The van der Waals surface area contributed by atoms with Crippen LogP contribution in [-0.2, 0) is 16.6 Å². The van der Waals surface area contributed by atoms with Crippen LogP contribution in [0, 0.1) is 13.8 Å². The first-order valence-electron chi connectivity index (χ1n) is 6.23. The molecule has 2 aromatic rings. The van der Waals surface area contributed by atoms with Crippen molar-refractivity contribution in [3.63, 3.8) is 0 Å². The Morgan fingerprint density at radius 2 is 2.05 bits per heavy atom. The van der Waals surface area contributed by atoms with Gasteiger partial charge in [-0.1, -0.05) is 11.6 Å². The molecule has 0 aliphatic heterocycles. The van der Waals surface area contributed by atoms with Gasteiger partial charge in [-0.25, -0.2) is 13.4 Å². The summed E-state index contributed by atoms with van der Waals surface area (Å²) in [6.45, 7) is 4.24. The Morgan fingerprint density at radius 1 is 1.33 bits per heavy atom. The van der Waals surface area contributed by atoms with Crippen LogP contribution < -0.4 is 10.0 Å². The fourth-order valence-electron chi connectivity index (χ4n) is 1.73. The van der Waals surface area contributed by atoms with Crippen LogP contribution in [0.4, 0.5) is 5.13 Å². The third-order valence-electron chi connectivity index (χ3n) is 2.94. The van der Waals surface area contributed by atoms with Crippen LogP contribution in [0.25, 0.3) is 0 Å². The molecule has 2 N–H and O–H groups in total. The fourth-order valence-corrected chi connectivity index (χ4v) is 4.02. The largest absolute Gasteiger partial charge is 0.316 e. The lowest BCUT2D eigenvalue weighted by atomic mass is 10.2. The molecule has 21 heavy (non-hydrogen) atoms. The minimum absolute atomic E-state index is 0.169. The van der Waals surface area contributed by atoms with Crippen molar-refractivity contribution in [3.8, 4) is 0 Å². The molecule has 0 amide bonds. The van der Waals surface area contributed by atoms with E-state index in [2.05, 4.69) is 15.0 Å². The monoisotopic (exact) mass is 345 g/mol. The number of nitrogens with zero attached hydrogens (tertiary/aromatic N) is 1. The van der Waals surface area contributed by atoms with Crippen LogP contribution in [0.2, 0.25) is 5.02 Å². The second kappa shape index (κ2) is 6.31. The molecule has 0 atom stereocenters. The highest BCUT2D eigenvalue weighted by Gasteiger charge is 2.18. The van der Waals surface area contributed by atoms with Crippen LogP contribution >= 0.6 is 22.9 Å². The predicted octanol–water partition coefficient (Wildman–Crippen LogP) is 2.93. The Balaban J connectivity index is 2.33. The Labute approximate surface area is 133 Å². The molecule has 0 saturated carbocycles. The number of nitrogens with one attached hydrogen (secondary N) is 2. The van der Waals surface area contributed by atoms with Gasteiger partial charge in [0.25, 0.3) is 10.0 Å². The number of hydrogen-bond acceptors (Lipinski definition) is 5. The Kier molecular flexibility index (Phi) is 4.88. The summed E-state index contributed by atoms with van der Waals surface area (Å²) in [5, 5.41) is 3.86. The number of aryl methyl sites for hydroxylation is 2. The maximum absolute atomic E-state index is 12.4. The molecule has 0 bridgehead atoms. The lowest BCUT2D eigenvalue weighted by Crippen LogP contribution is -2.14. The molecule has 0 aliphatic carbocycles. The first-order chi connectivity index (χ1) is 9.83. The van der Waals surface area contributed by atoms with Crippen LogP contribution in [0.5, 0.6) is 0 Å². The second-order valence-electron chi connectivity index (χ2n) is 4.55. The van der Waals surface area contributed by atoms with E-state index in [0.717, 1.165) is 16.1 Å². The molecular weight excluding hydrogens is 330 g/mol. The molecule has 0 saturated heterocycles. The van der Waals surface area contributed by atoms with E-state index in [4.69, 9.17) is 11.6 Å². The minimum Gasteiger partial charge on any atom is -0.316 e. The van der Waals surface area contributed by atoms with Crippen molar-refractivity contribution in [2.75, 3.05) is 11.8 Å². The smallest absolute Gasteiger partial charge is 0.263 e. The number of anilines is 1. The summed E-state index contributed by atoms with van der Waals surface area (Å²) < 4.78 is 27.3. The van der Waals surface area contributed by atoms with Gasteiger partial charge in [0.05, 0.1) is 10.6 Å². The van der Waals surface area contributed by atoms with E-state index >= 15 is 0 Å². The van der Waals surface area contributed by atoms with Gasteiger partial charge < -0.3 is 5.32 Å². The van der Waals surface area contributed by atoms with Crippen LogP contribution in [0.1, 0.15) is 16.1 Å². The molecule has 0 radical (unpaired) electrons. The number of aromatic nitrogens is 1. The van der Waals surface area contributed by atoms with Crippen molar-refractivity contribution in [2.45, 2.75) is 25.3 Å². The Hall–Kier alpha value is -1.15.